The molecule has 4 nitrogen and oxygen atoms in total. The Hall–Kier alpha value is -1.65. The maximum absolute atomic E-state index is 12.3. The minimum Gasteiger partial charge on any atom is -0.391 e. The molecule has 2 N–H and O–H groups in total. The van der Waals surface area contributed by atoms with Gasteiger partial charge in [-0.15, -0.1) is 0 Å². The number of rotatable bonds is 5. The number of fused-ring (bicyclic) bond motifs is 1. The van der Waals surface area contributed by atoms with Gasteiger partial charge in [-0.3, -0.25) is 4.79 Å². The number of benzene rings is 1. The lowest BCUT2D eigenvalue weighted by Crippen LogP contribution is -2.33. The largest absolute Gasteiger partial charge is 0.391 e. The van der Waals surface area contributed by atoms with Gasteiger partial charge in [0.05, 0.1) is 11.7 Å². The Labute approximate surface area is 129 Å². The second-order valence-electron chi connectivity index (χ2n) is 5.50. The summed E-state index contributed by atoms with van der Waals surface area (Å²) >= 11 is 6.04. The highest BCUT2D eigenvalue weighted by molar-refractivity contribution is 6.34. The van der Waals surface area contributed by atoms with Gasteiger partial charge in [-0.2, -0.15) is 0 Å². The van der Waals surface area contributed by atoms with E-state index in [1.807, 2.05) is 38.1 Å². The molecule has 0 bridgehead atoms. The molecule has 0 aliphatic rings. The molecule has 0 fully saturated rings. The number of halogens is 1. The summed E-state index contributed by atoms with van der Waals surface area (Å²) in [5.74, 6) is 0.133. The van der Waals surface area contributed by atoms with E-state index in [1.165, 1.54) is 6.20 Å². The number of amides is 1. The Morgan fingerprint density at radius 3 is 2.67 bits per heavy atom. The monoisotopic (exact) mass is 306 g/mol. The van der Waals surface area contributed by atoms with Crippen LogP contribution < -0.4 is 5.32 Å². The molecule has 0 spiro atoms. The normalized spacial score (nSPS) is 12.6. The molecule has 1 aromatic heterocycles. The molecule has 1 unspecified atom stereocenters. The molecule has 1 amide bonds. The Morgan fingerprint density at radius 1 is 1.33 bits per heavy atom. The quantitative estimate of drug-likeness (QED) is 0.835. The van der Waals surface area contributed by atoms with Gasteiger partial charge in [-0.1, -0.05) is 49.7 Å². The molecule has 0 radical (unpaired) electrons. The topological polar surface area (TPSA) is 62.2 Å². The van der Waals surface area contributed by atoms with Crippen molar-refractivity contribution in [2.45, 2.75) is 26.4 Å². The van der Waals surface area contributed by atoms with E-state index in [2.05, 4.69) is 10.3 Å². The maximum atomic E-state index is 12.3. The number of nitrogens with one attached hydrogen (secondary N) is 1. The third-order valence-electron chi connectivity index (χ3n) is 3.23. The van der Waals surface area contributed by atoms with Crippen molar-refractivity contribution >= 4 is 28.3 Å². The first-order valence-corrected chi connectivity index (χ1v) is 7.36. The summed E-state index contributed by atoms with van der Waals surface area (Å²) in [7, 11) is 0. The van der Waals surface area contributed by atoms with Gasteiger partial charge < -0.3 is 10.4 Å². The van der Waals surface area contributed by atoms with Gasteiger partial charge in [0.15, 0.2) is 0 Å². The van der Waals surface area contributed by atoms with Gasteiger partial charge in [0.2, 0.25) is 0 Å². The second kappa shape index (κ2) is 6.87. The summed E-state index contributed by atoms with van der Waals surface area (Å²) in [5, 5.41) is 14.4. The van der Waals surface area contributed by atoms with Crippen LogP contribution in [0.25, 0.3) is 10.8 Å². The van der Waals surface area contributed by atoms with Crippen molar-refractivity contribution in [2.75, 3.05) is 6.54 Å². The number of aliphatic hydroxyl groups excluding tert-OH is 1. The number of hydrogen-bond donors (Lipinski definition) is 2. The van der Waals surface area contributed by atoms with Crippen LogP contribution in [0, 0.1) is 5.92 Å². The van der Waals surface area contributed by atoms with Crippen molar-refractivity contribution in [3.8, 4) is 0 Å². The van der Waals surface area contributed by atoms with Gasteiger partial charge >= 0.3 is 0 Å². The summed E-state index contributed by atoms with van der Waals surface area (Å²) in [4.78, 5) is 16.3. The molecule has 0 aliphatic carbocycles. The molecular formula is C16H19ClN2O2. The number of carbonyl (C=O) groups is 1. The SMILES string of the molecule is CC(C)CC(O)CNC(=O)c1cnc(Cl)c2ccccc12. The standard InChI is InChI=1S/C16H19ClN2O2/c1-10(2)7-11(20)8-19-16(21)14-9-18-15(17)13-6-4-3-5-12(13)14/h3-6,9-11,20H,7-8H2,1-2H3,(H,19,21). The third-order valence-corrected chi connectivity index (χ3v) is 3.53. The van der Waals surface area contributed by atoms with E-state index in [0.717, 1.165) is 10.8 Å². The summed E-state index contributed by atoms with van der Waals surface area (Å²) in [5.41, 5.74) is 0.465. The highest BCUT2D eigenvalue weighted by atomic mass is 35.5. The number of aliphatic hydroxyl groups is 1. The Bertz CT molecular complexity index is 643. The first-order valence-electron chi connectivity index (χ1n) is 6.98. The van der Waals surface area contributed by atoms with E-state index >= 15 is 0 Å². The third kappa shape index (κ3) is 3.93. The molecule has 112 valence electrons. The van der Waals surface area contributed by atoms with Crippen LogP contribution in [0.1, 0.15) is 30.6 Å². The molecule has 2 aromatic rings. The van der Waals surface area contributed by atoms with Crippen molar-refractivity contribution in [3.63, 3.8) is 0 Å². The molecule has 21 heavy (non-hydrogen) atoms. The highest BCUT2D eigenvalue weighted by Gasteiger charge is 2.14. The van der Waals surface area contributed by atoms with Gasteiger partial charge in [0.1, 0.15) is 5.15 Å². The fourth-order valence-corrected chi connectivity index (χ4v) is 2.49. The van der Waals surface area contributed by atoms with Crippen LogP contribution in [-0.4, -0.2) is 28.6 Å². The van der Waals surface area contributed by atoms with Gasteiger partial charge in [0, 0.05) is 18.1 Å². The summed E-state index contributed by atoms with van der Waals surface area (Å²) < 4.78 is 0. The lowest BCUT2D eigenvalue weighted by molar-refractivity contribution is 0.0901. The van der Waals surface area contributed by atoms with Gasteiger partial charge in [-0.05, 0) is 17.7 Å². The fraction of sp³-hybridized carbons (Fsp3) is 0.375. The van der Waals surface area contributed by atoms with E-state index in [4.69, 9.17) is 11.6 Å². The molecule has 1 aromatic carbocycles. The first-order chi connectivity index (χ1) is 9.99. The van der Waals surface area contributed by atoms with Gasteiger partial charge in [0.25, 0.3) is 5.91 Å². The Balaban J connectivity index is 2.15. The molecular weight excluding hydrogens is 288 g/mol. The zero-order valence-electron chi connectivity index (χ0n) is 12.1. The van der Waals surface area contributed by atoms with Crippen molar-refractivity contribution in [1.82, 2.24) is 10.3 Å². The number of hydrogen-bond acceptors (Lipinski definition) is 3. The molecule has 0 saturated heterocycles. The van der Waals surface area contributed by atoms with Crippen molar-refractivity contribution in [3.05, 3.63) is 41.2 Å². The van der Waals surface area contributed by atoms with Crippen molar-refractivity contribution in [1.29, 1.82) is 0 Å². The summed E-state index contributed by atoms with van der Waals surface area (Å²) in [6.07, 6.45) is 1.58. The Morgan fingerprint density at radius 2 is 2.00 bits per heavy atom. The predicted molar refractivity (Wildman–Crippen MR) is 84.5 cm³/mol. The molecule has 0 saturated carbocycles. The van der Waals surface area contributed by atoms with Crippen LogP contribution in [0.5, 0.6) is 0 Å². The number of aromatic nitrogens is 1. The van der Waals surface area contributed by atoms with E-state index in [1.54, 1.807) is 0 Å². The van der Waals surface area contributed by atoms with E-state index in [9.17, 15) is 9.90 Å². The van der Waals surface area contributed by atoms with Crippen LogP contribution in [0.4, 0.5) is 0 Å². The minimum atomic E-state index is -0.541. The zero-order valence-corrected chi connectivity index (χ0v) is 12.9. The highest BCUT2D eigenvalue weighted by Crippen LogP contribution is 2.24. The smallest absolute Gasteiger partial charge is 0.253 e. The lowest BCUT2D eigenvalue weighted by Gasteiger charge is -2.14. The summed E-state index contributed by atoms with van der Waals surface area (Å²) in [6, 6.07) is 7.37. The van der Waals surface area contributed by atoms with E-state index in [0.29, 0.717) is 23.1 Å². The van der Waals surface area contributed by atoms with Crippen molar-refractivity contribution < 1.29 is 9.90 Å². The minimum absolute atomic E-state index is 0.230. The fourth-order valence-electron chi connectivity index (χ4n) is 2.27. The average Bonchev–Trinajstić information content (AvgIpc) is 2.45. The zero-order chi connectivity index (χ0) is 15.4. The predicted octanol–water partition coefficient (Wildman–Crippen LogP) is 3.03. The average molecular weight is 307 g/mol. The lowest BCUT2D eigenvalue weighted by atomic mass is 10.1. The molecule has 1 heterocycles. The van der Waals surface area contributed by atoms with Crippen molar-refractivity contribution in [2.24, 2.45) is 5.92 Å². The second-order valence-corrected chi connectivity index (χ2v) is 5.86. The molecule has 2 rings (SSSR count). The number of carbonyl (C=O) groups excluding carboxylic acids is 1. The first kappa shape index (κ1) is 15.7. The Kier molecular flexibility index (Phi) is 5.15. The molecule has 1 atom stereocenters. The number of pyridine rings is 1. The van der Waals surface area contributed by atoms with Crippen LogP contribution in [0.2, 0.25) is 5.15 Å². The van der Waals surface area contributed by atoms with Gasteiger partial charge in [-0.25, -0.2) is 4.98 Å². The molecule has 0 aliphatic heterocycles. The summed E-state index contributed by atoms with van der Waals surface area (Å²) in [6.45, 7) is 4.29. The molecule has 5 heteroatoms. The maximum Gasteiger partial charge on any atom is 0.253 e. The van der Waals surface area contributed by atoms with Crippen LogP contribution >= 0.6 is 11.6 Å². The van der Waals surface area contributed by atoms with E-state index < -0.39 is 6.10 Å². The van der Waals surface area contributed by atoms with Crippen LogP contribution in [-0.2, 0) is 0 Å². The van der Waals surface area contributed by atoms with E-state index in [-0.39, 0.29) is 12.5 Å². The van der Waals surface area contributed by atoms with Crippen LogP contribution in [0.3, 0.4) is 0 Å². The van der Waals surface area contributed by atoms with Crippen LogP contribution in [0.15, 0.2) is 30.5 Å². The number of nitrogens with zero attached hydrogens (tertiary/aromatic N) is 1.